The number of hydrazone groups is 1. The minimum Gasteiger partial charge on any atom is -0.376 e. The highest BCUT2D eigenvalue weighted by molar-refractivity contribution is 7.89. The van der Waals surface area contributed by atoms with Gasteiger partial charge >= 0.3 is 5.69 Å². The summed E-state index contributed by atoms with van der Waals surface area (Å²) in [5, 5.41) is 21.4. The van der Waals surface area contributed by atoms with Crippen LogP contribution in [0.5, 0.6) is 0 Å². The van der Waals surface area contributed by atoms with E-state index < -0.39 is 27.5 Å². The number of rotatable bonds is 7. The first-order valence-electron chi connectivity index (χ1n) is 19.3. The number of hydrogen-bond donors (Lipinski definition) is 0. The van der Waals surface area contributed by atoms with Gasteiger partial charge in [0.2, 0.25) is 0 Å². The Morgan fingerprint density at radius 1 is 1.07 bits per heavy atom. The Morgan fingerprint density at radius 2 is 1.83 bits per heavy atom. The normalized spacial score (nSPS) is 21.8. The summed E-state index contributed by atoms with van der Waals surface area (Å²) in [6.45, 7) is 7.82. The van der Waals surface area contributed by atoms with Crippen LogP contribution in [-0.4, -0.2) is 79.3 Å². The molecule has 58 heavy (non-hydrogen) atoms. The Bertz CT molecular complexity index is 2810. The number of aryl methyl sites for hydroxylation is 2. The summed E-state index contributed by atoms with van der Waals surface area (Å²) < 4.78 is 73.4. The van der Waals surface area contributed by atoms with Crippen molar-refractivity contribution < 1.29 is 21.9 Å². The maximum atomic E-state index is 16.0. The standard InChI is InChI=1S/C42H43F2N9O4S/c1-25-18-30(19-26(2)38(25)43)53-40(52-16-15-51(41(52)54)36-9-8-35-31(39(36)44)23-46-48(35)5)32-24-49(13-10-33(32)47-53)58(55,56)37-21-29-20-27(6-7-34(29)50(37)14-12-45)28-11-17-57-42(3,4)22-28/h6-9,15-16,18-21,23,28,31,35H,10-11,13-14,17,22,24H2,1-5H3/t28-,31?,35?/m0/s1. The quantitative estimate of drug-likeness (QED) is 0.194. The zero-order chi connectivity index (χ0) is 40.8. The van der Waals surface area contributed by atoms with Gasteiger partial charge in [-0.05, 0) is 99.6 Å². The van der Waals surface area contributed by atoms with E-state index >= 15 is 4.39 Å². The van der Waals surface area contributed by atoms with E-state index in [2.05, 4.69) is 25.0 Å². The number of likely N-dealkylation sites (N-methyl/N-ethyl adjacent to an activating group) is 1. The summed E-state index contributed by atoms with van der Waals surface area (Å²) in [6, 6.07) is 12.6. The van der Waals surface area contributed by atoms with Crippen molar-refractivity contribution in [2.24, 2.45) is 11.0 Å². The topological polar surface area (TPSA) is 136 Å². The molecule has 3 aliphatic heterocycles. The van der Waals surface area contributed by atoms with Crippen molar-refractivity contribution in [2.75, 3.05) is 20.2 Å². The van der Waals surface area contributed by atoms with Crippen LogP contribution in [0.2, 0.25) is 0 Å². The van der Waals surface area contributed by atoms with E-state index in [9.17, 15) is 22.9 Å². The molecule has 0 N–H and O–H groups in total. The molecule has 9 rings (SSSR count). The number of benzene rings is 2. The van der Waals surface area contributed by atoms with Crippen molar-refractivity contribution in [2.45, 2.75) is 82.6 Å². The van der Waals surface area contributed by atoms with Crippen LogP contribution in [0.15, 0.2) is 81.7 Å². The molecule has 0 radical (unpaired) electrons. The first-order valence-corrected chi connectivity index (χ1v) is 20.8. The van der Waals surface area contributed by atoms with Gasteiger partial charge in [-0.15, -0.1) is 0 Å². The van der Waals surface area contributed by atoms with E-state index in [1.807, 2.05) is 18.2 Å². The number of aromatic nitrogens is 5. The van der Waals surface area contributed by atoms with Gasteiger partial charge in [-0.25, -0.2) is 26.7 Å². The molecule has 1 fully saturated rings. The summed E-state index contributed by atoms with van der Waals surface area (Å²) in [5.74, 6) is -1.03. The number of imidazole rings is 1. The Morgan fingerprint density at radius 3 is 2.57 bits per heavy atom. The Balaban J connectivity index is 1.14. The predicted octanol–water partition coefficient (Wildman–Crippen LogP) is 6.10. The minimum atomic E-state index is -4.23. The zero-order valence-electron chi connectivity index (χ0n) is 32.9. The van der Waals surface area contributed by atoms with Gasteiger partial charge in [0.1, 0.15) is 24.0 Å². The maximum Gasteiger partial charge on any atom is 0.338 e. The molecule has 5 aromatic rings. The lowest BCUT2D eigenvalue weighted by atomic mass is 9.83. The van der Waals surface area contributed by atoms with Crippen LogP contribution in [-0.2, 0) is 34.3 Å². The fourth-order valence-electron chi connectivity index (χ4n) is 9.02. The second kappa shape index (κ2) is 13.7. The highest BCUT2D eigenvalue weighted by Crippen LogP contribution is 2.39. The van der Waals surface area contributed by atoms with Crippen LogP contribution < -0.4 is 5.69 Å². The molecule has 16 heteroatoms. The number of allylic oxidation sites excluding steroid dienone is 2. The minimum absolute atomic E-state index is 0.00935. The number of nitrogens with zero attached hydrogens (tertiary/aromatic N) is 9. The average Bonchev–Trinajstić information content (AvgIpc) is 3.96. The number of fused-ring (bicyclic) bond motifs is 3. The predicted molar refractivity (Wildman–Crippen MR) is 214 cm³/mol. The third-order valence-electron chi connectivity index (χ3n) is 12.0. The van der Waals surface area contributed by atoms with Gasteiger partial charge in [0.25, 0.3) is 10.0 Å². The lowest BCUT2D eigenvalue weighted by Crippen LogP contribution is -2.37. The van der Waals surface area contributed by atoms with E-state index in [1.54, 1.807) is 56.3 Å². The molecule has 0 saturated carbocycles. The second-order valence-corrected chi connectivity index (χ2v) is 18.1. The Hall–Kier alpha value is -5.63. The lowest BCUT2D eigenvalue weighted by molar-refractivity contribution is -0.0592. The highest BCUT2D eigenvalue weighted by Gasteiger charge is 2.38. The highest BCUT2D eigenvalue weighted by atomic mass is 32.2. The molecule has 300 valence electrons. The molecular formula is C42H43F2N9O4S. The van der Waals surface area contributed by atoms with Gasteiger partial charge in [0.15, 0.2) is 5.03 Å². The van der Waals surface area contributed by atoms with Gasteiger partial charge in [0, 0.05) is 62.7 Å². The van der Waals surface area contributed by atoms with Crippen molar-refractivity contribution in [1.82, 2.24) is 32.8 Å². The van der Waals surface area contributed by atoms with Crippen molar-refractivity contribution in [3.63, 3.8) is 0 Å². The molecule has 2 unspecified atom stereocenters. The smallest absolute Gasteiger partial charge is 0.338 e. The molecule has 4 aliphatic rings. The molecular weight excluding hydrogens is 765 g/mol. The SMILES string of the molecule is Cc1cc(-n2nc3c(c2-n2ccn(C4=C(F)C5C=NN(C)C5C=C4)c2=O)CN(S(=O)(=O)c2cc4cc([C@H]5CCOC(C)(C)C5)ccc4n2CC#N)CC3)cc(C)c1F. The summed E-state index contributed by atoms with van der Waals surface area (Å²) in [6.07, 6.45) is 9.75. The van der Waals surface area contributed by atoms with Gasteiger partial charge in [-0.3, -0.25) is 14.1 Å². The van der Waals surface area contributed by atoms with Crippen LogP contribution in [0, 0.1) is 36.9 Å². The van der Waals surface area contributed by atoms with Crippen LogP contribution in [0.1, 0.15) is 60.6 Å². The Labute approximate surface area is 334 Å². The van der Waals surface area contributed by atoms with E-state index in [0.29, 0.717) is 40.2 Å². The van der Waals surface area contributed by atoms with E-state index in [1.165, 1.54) is 41.3 Å². The number of hydrogen-bond acceptors (Lipinski definition) is 8. The van der Waals surface area contributed by atoms with E-state index in [4.69, 9.17) is 9.84 Å². The van der Waals surface area contributed by atoms with Crippen molar-refractivity contribution in [3.8, 4) is 17.6 Å². The number of ether oxygens (including phenoxy) is 1. The van der Waals surface area contributed by atoms with Crippen LogP contribution >= 0.6 is 0 Å². The maximum absolute atomic E-state index is 16.0. The lowest BCUT2D eigenvalue weighted by Gasteiger charge is -2.35. The third-order valence-corrected chi connectivity index (χ3v) is 13.8. The molecule has 3 aromatic heterocycles. The summed E-state index contributed by atoms with van der Waals surface area (Å²) in [7, 11) is -2.47. The second-order valence-electron chi connectivity index (χ2n) is 16.3. The number of halogens is 2. The van der Waals surface area contributed by atoms with Gasteiger partial charge in [0.05, 0.1) is 46.2 Å². The molecule has 0 amide bonds. The summed E-state index contributed by atoms with van der Waals surface area (Å²) in [4.78, 5) is 14.4. The number of nitriles is 1. The molecule has 0 bridgehead atoms. The Kier molecular flexibility index (Phi) is 8.99. The average molecular weight is 808 g/mol. The first-order chi connectivity index (χ1) is 27.7. The third kappa shape index (κ3) is 6.06. The molecule has 1 saturated heterocycles. The van der Waals surface area contributed by atoms with Crippen molar-refractivity contribution >= 4 is 32.8 Å². The van der Waals surface area contributed by atoms with Gasteiger partial charge < -0.3 is 9.30 Å². The van der Waals surface area contributed by atoms with Gasteiger partial charge in [-0.2, -0.15) is 19.8 Å². The fraction of sp³-hybridized carbons (Fsp3) is 0.381. The largest absolute Gasteiger partial charge is 0.376 e. The van der Waals surface area contributed by atoms with E-state index in [0.717, 1.165) is 23.8 Å². The number of sulfonamides is 1. The zero-order valence-corrected chi connectivity index (χ0v) is 33.7. The van der Waals surface area contributed by atoms with E-state index in [-0.39, 0.29) is 66.0 Å². The summed E-state index contributed by atoms with van der Waals surface area (Å²) >= 11 is 0. The molecule has 6 heterocycles. The fourth-order valence-corrected chi connectivity index (χ4v) is 10.6. The molecule has 0 spiro atoms. The van der Waals surface area contributed by atoms with Crippen LogP contribution in [0.4, 0.5) is 8.78 Å². The van der Waals surface area contributed by atoms with Crippen molar-refractivity contribution in [3.05, 3.63) is 111 Å². The summed E-state index contributed by atoms with van der Waals surface area (Å²) in [5.41, 5.74) is 3.18. The van der Waals surface area contributed by atoms with Crippen LogP contribution in [0.25, 0.3) is 28.1 Å². The molecule has 13 nitrogen and oxygen atoms in total. The monoisotopic (exact) mass is 807 g/mol. The van der Waals surface area contributed by atoms with Crippen molar-refractivity contribution in [1.29, 1.82) is 5.26 Å². The molecule has 3 atom stereocenters. The first kappa shape index (κ1) is 37.9. The van der Waals surface area contributed by atoms with Crippen LogP contribution in [0.3, 0.4) is 0 Å². The molecule has 2 aromatic carbocycles. The van der Waals surface area contributed by atoms with Gasteiger partial charge in [-0.1, -0.05) is 12.1 Å². The molecule has 1 aliphatic carbocycles.